The topological polar surface area (TPSA) is 304 Å². The predicted octanol–water partition coefficient (Wildman–Crippen LogP) is 2.31. The molecule has 310 valence electrons. The van der Waals surface area contributed by atoms with E-state index in [2.05, 4.69) is 29.9 Å². The molecule has 2 aliphatic heterocycles. The van der Waals surface area contributed by atoms with Gasteiger partial charge in [-0.3, -0.25) is 41.8 Å². The Bertz CT molecular complexity index is 2360. The molecular formula is C31H42N10O13P2S. The van der Waals surface area contributed by atoms with Crippen LogP contribution in [0.4, 0.5) is 11.8 Å². The number of hydrogen-bond donors (Lipinski definition) is 4. The first kappa shape index (κ1) is 40.2. The summed E-state index contributed by atoms with van der Waals surface area (Å²) in [5, 5.41) is 12.1. The number of imidazole rings is 2. The van der Waals surface area contributed by atoms with Crippen LogP contribution in [-0.4, -0.2) is 114 Å². The van der Waals surface area contributed by atoms with Crippen LogP contribution in [0.25, 0.3) is 22.3 Å². The monoisotopic (exact) mass is 856 g/mol. The van der Waals surface area contributed by atoms with Gasteiger partial charge in [0, 0.05) is 23.9 Å². The van der Waals surface area contributed by atoms with Gasteiger partial charge in [-0.2, -0.15) is 4.98 Å². The number of H-pyrrole nitrogens is 1. The van der Waals surface area contributed by atoms with Crippen LogP contribution in [0.3, 0.4) is 0 Å². The smallest absolute Gasteiger partial charge is 0.454 e. The minimum Gasteiger partial charge on any atom is -0.454 e. The number of methoxy groups -OCH3 is 1. The van der Waals surface area contributed by atoms with Gasteiger partial charge < -0.3 is 35.4 Å². The molecule has 0 amide bonds. The average Bonchev–Trinajstić information content (AvgIpc) is 3.44. The lowest BCUT2D eigenvalue weighted by Gasteiger charge is -2.32. The summed E-state index contributed by atoms with van der Waals surface area (Å²) in [7, 11) is -3.21. The first-order valence-corrected chi connectivity index (χ1v) is 22.4. The number of carbonyl (C=O) groups excluding carboxylic acids is 1. The summed E-state index contributed by atoms with van der Waals surface area (Å²) in [6.07, 6.45) is -3.12. The SMILES string of the molecule is CCOP1(=O)OC[C@@]23C[C@@H]2[C@@H](n2cnc4c(N)ncnc42)[C@H](O)[C@@H]3OP(=O)(SCOC(=O)C(C)(C)C)OC[C@H]2O[C@@H](n3cnc4c(=O)[nH]c(N)nc43)[C@H](O1)[C@@H]2OC. The number of carbonyl (C=O) groups is 1. The van der Waals surface area contributed by atoms with E-state index in [1.54, 1.807) is 32.3 Å². The number of aliphatic hydroxyl groups excluding tert-OH is 1. The highest BCUT2D eigenvalue weighted by Crippen LogP contribution is 2.74. The zero-order chi connectivity index (χ0) is 40.7. The number of esters is 1. The van der Waals surface area contributed by atoms with Gasteiger partial charge in [0.05, 0.1) is 43.9 Å². The minimum absolute atomic E-state index is 0.0114. The van der Waals surface area contributed by atoms with E-state index in [-0.39, 0.29) is 36.1 Å². The summed E-state index contributed by atoms with van der Waals surface area (Å²) in [6.45, 7) is 1.20. The van der Waals surface area contributed by atoms with Crippen molar-refractivity contribution in [1.82, 2.24) is 39.0 Å². The number of phosphoric acid groups is 1. The summed E-state index contributed by atoms with van der Waals surface area (Å²) in [6, 6.07) is -0.769. The number of aliphatic hydroxyl groups is 1. The Kier molecular flexibility index (Phi) is 10.3. The normalized spacial score (nSPS) is 35.6. The van der Waals surface area contributed by atoms with Gasteiger partial charge in [-0.15, -0.1) is 0 Å². The van der Waals surface area contributed by atoms with Crippen molar-refractivity contribution in [3.63, 3.8) is 0 Å². The van der Waals surface area contributed by atoms with Crippen molar-refractivity contribution in [1.29, 1.82) is 0 Å². The van der Waals surface area contributed by atoms with Gasteiger partial charge in [0.25, 0.3) is 5.56 Å². The fraction of sp³-hybridized carbons (Fsp3) is 0.645. The van der Waals surface area contributed by atoms with Crippen LogP contribution < -0.4 is 17.0 Å². The molecule has 6 N–H and O–H groups in total. The summed E-state index contributed by atoms with van der Waals surface area (Å²) >= 11 is 0.593. The molecule has 2 bridgehead atoms. The van der Waals surface area contributed by atoms with Crippen molar-refractivity contribution in [3.8, 4) is 0 Å². The second-order valence-electron chi connectivity index (χ2n) is 15.1. The highest BCUT2D eigenvalue weighted by molar-refractivity contribution is 8.55. The van der Waals surface area contributed by atoms with Crippen LogP contribution >= 0.6 is 26.0 Å². The lowest BCUT2D eigenvalue weighted by molar-refractivity contribution is -0.150. The van der Waals surface area contributed by atoms with Crippen LogP contribution in [0.1, 0.15) is 46.4 Å². The predicted molar refractivity (Wildman–Crippen MR) is 199 cm³/mol. The van der Waals surface area contributed by atoms with Crippen LogP contribution in [-0.2, 0) is 50.8 Å². The number of fused-ring (bicyclic) bond motifs is 4. The van der Waals surface area contributed by atoms with E-state index in [1.807, 2.05) is 0 Å². The van der Waals surface area contributed by atoms with E-state index in [1.165, 1.54) is 30.7 Å². The molecule has 2 saturated carbocycles. The summed E-state index contributed by atoms with van der Waals surface area (Å²) in [5.74, 6) is -1.51. The molecule has 0 aromatic carbocycles. The Morgan fingerprint density at radius 2 is 1.86 bits per heavy atom. The third-order valence-electron chi connectivity index (χ3n) is 10.5. The lowest BCUT2D eigenvalue weighted by atomic mass is 9.98. The van der Waals surface area contributed by atoms with E-state index in [0.29, 0.717) is 29.0 Å². The van der Waals surface area contributed by atoms with Gasteiger partial charge in [0.2, 0.25) is 5.95 Å². The zero-order valence-electron chi connectivity index (χ0n) is 31.3. The van der Waals surface area contributed by atoms with Crippen molar-refractivity contribution >= 4 is 66.1 Å². The summed E-state index contributed by atoms with van der Waals surface area (Å²) < 4.78 is 80.9. The molecule has 57 heavy (non-hydrogen) atoms. The number of nitrogen functional groups attached to an aromatic ring is 2. The number of nitrogens with two attached hydrogens (primary N) is 2. The fourth-order valence-electron chi connectivity index (χ4n) is 7.72. The van der Waals surface area contributed by atoms with Crippen LogP contribution in [0.5, 0.6) is 0 Å². The van der Waals surface area contributed by atoms with Crippen LogP contribution in [0.2, 0.25) is 0 Å². The molecule has 23 nitrogen and oxygen atoms in total. The van der Waals surface area contributed by atoms with Crippen LogP contribution in [0.15, 0.2) is 23.8 Å². The zero-order valence-corrected chi connectivity index (χ0v) is 33.9. The third kappa shape index (κ3) is 7.07. The molecule has 0 radical (unpaired) electrons. The van der Waals surface area contributed by atoms with E-state index in [0.717, 1.165) is 0 Å². The van der Waals surface area contributed by atoms with E-state index in [9.17, 15) is 23.8 Å². The van der Waals surface area contributed by atoms with Crippen molar-refractivity contribution in [2.75, 3.05) is 44.3 Å². The van der Waals surface area contributed by atoms with Crippen molar-refractivity contribution in [2.45, 2.75) is 76.9 Å². The van der Waals surface area contributed by atoms with Gasteiger partial charge in [0.15, 0.2) is 28.9 Å². The van der Waals surface area contributed by atoms with Crippen molar-refractivity contribution in [3.05, 3.63) is 29.3 Å². The number of phosphoric ester groups is 1. The second kappa shape index (κ2) is 14.6. The third-order valence-corrected chi connectivity index (χ3v) is 15.3. The molecule has 11 atom stereocenters. The van der Waals surface area contributed by atoms with Gasteiger partial charge in [-0.05, 0) is 40.0 Å². The Balaban J connectivity index is 1.19. The second-order valence-corrected chi connectivity index (χ2v) is 20.6. The maximum absolute atomic E-state index is 15.0. The van der Waals surface area contributed by atoms with E-state index >= 15 is 0 Å². The van der Waals surface area contributed by atoms with Crippen molar-refractivity contribution in [2.24, 2.45) is 16.7 Å². The summed E-state index contributed by atoms with van der Waals surface area (Å²) in [5.41, 5.74) is 9.90. The van der Waals surface area contributed by atoms with Gasteiger partial charge in [-0.1, -0.05) is 0 Å². The Morgan fingerprint density at radius 1 is 1.11 bits per heavy atom. The Labute approximate surface area is 327 Å². The van der Waals surface area contributed by atoms with Crippen molar-refractivity contribution < 1.29 is 55.9 Å². The molecule has 2 unspecified atom stereocenters. The molecule has 6 heterocycles. The lowest BCUT2D eigenvalue weighted by Crippen LogP contribution is -2.38. The maximum Gasteiger partial charge on any atom is 0.475 e. The molecule has 8 rings (SSSR count). The average molecular weight is 857 g/mol. The molecular weight excluding hydrogens is 814 g/mol. The number of aromatic amines is 1. The van der Waals surface area contributed by atoms with Gasteiger partial charge >= 0.3 is 20.6 Å². The number of nitrogens with one attached hydrogen (secondary N) is 1. The number of nitrogens with zero attached hydrogens (tertiary/aromatic N) is 7. The molecule has 4 aliphatic rings. The molecule has 26 heteroatoms. The highest BCUT2D eigenvalue weighted by atomic mass is 32.7. The molecule has 4 aromatic rings. The number of anilines is 2. The van der Waals surface area contributed by atoms with Crippen LogP contribution in [0, 0.1) is 16.7 Å². The fourth-order valence-corrected chi connectivity index (χ4v) is 12.0. The number of aromatic nitrogens is 8. The van der Waals surface area contributed by atoms with Gasteiger partial charge in [-0.25, -0.2) is 29.1 Å². The minimum atomic E-state index is -4.55. The van der Waals surface area contributed by atoms with E-state index in [4.69, 9.17) is 48.3 Å². The molecule has 1 spiro atoms. The molecule has 4 aromatic heterocycles. The number of hydrogen-bond acceptors (Lipinski definition) is 21. The Morgan fingerprint density at radius 3 is 2.60 bits per heavy atom. The molecule has 4 fully saturated rings. The van der Waals surface area contributed by atoms with Gasteiger partial charge in [0.1, 0.15) is 48.3 Å². The first-order chi connectivity index (χ1) is 27.0. The largest absolute Gasteiger partial charge is 0.475 e. The Hall–Kier alpha value is -3.54. The summed E-state index contributed by atoms with van der Waals surface area (Å²) in [4.78, 5) is 48.9. The maximum atomic E-state index is 15.0. The van der Waals surface area contributed by atoms with E-state index < -0.39 is 98.2 Å². The number of ether oxygens (including phenoxy) is 3. The standard InChI is InChI=1S/C31H42N10O13P2S/c1-6-49-55(45)51-9-31-7-14(31)18(40-11-36-16-23(32)34-10-35-24(16)40)19(42)22(31)54-56(46,57-13-48-28(44)30(2,3)4)50-8-15-20(47-5)21(53-55)27(52-15)41-12-37-17-25(41)38-29(33)39-26(17)43/h10-12,14-15,18-22,27,42H,6-9,13H2,1-5H3,(H2,32,34,35)(H3,33,38,39,43)/t14-,15-,18-,19+,20-,21-,22+,27-,31+,55?,56?/m1/s1. The quantitative estimate of drug-likeness (QED) is 0.112. The highest BCUT2D eigenvalue weighted by Gasteiger charge is 2.74. The molecule has 2 saturated heterocycles. The number of rotatable bonds is 8. The first-order valence-electron chi connectivity index (χ1n) is 17.9. The molecule has 2 aliphatic carbocycles.